The molecule has 0 bridgehead atoms. The van der Waals surface area contributed by atoms with Crippen LogP contribution >= 0.6 is 0 Å². The second-order valence-electron chi connectivity index (χ2n) is 1.62. The third-order valence-corrected chi connectivity index (χ3v) is 0.924. The molecule has 0 heterocycles. The van der Waals surface area contributed by atoms with E-state index in [2.05, 4.69) is 13.2 Å². The van der Waals surface area contributed by atoms with E-state index in [1.54, 1.807) is 12.2 Å². The average Bonchev–Trinajstić information content (AvgIpc) is 1.82. The molecule has 1 nitrogen and oxygen atoms in total. The van der Waals surface area contributed by atoms with Crippen molar-refractivity contribution in [1.82, 2.24) is 0 Å². The molecule has 0 aromatic carbocycles. The summed E-state index contributed by atoms with van der Waals surface area (Å²) in [4.78, 5) is 10.6. The summed E-state index contributed by atoms with van der Waals surface area (Å²) < 4.78 is 0. The van der Waals surface area contributed by atoms with Gasteiger partial charge in [0.2, 0.25) is 0 Å². The fourth-order valence-corrected chi connectivity index (χ4v) is 0.456. The van der Waals surface area contributed by atoms with Gasteiger partial charge >= 0.3 is 0 Å². The summed E-state index contributed by atoms with van der Waals surface area (Å²) in [6, 6.07) is 0. The van der Waals surface area contributed by atoms with E-state index in [9.17, 15) is 4.79 Å². The van der Waals surface area contributed by atoms with Gasteiger partial charge in [-0.3, -0.25) is 4.79 Å². The first-order valence-corrected chi connectivity index (χ1v) is 2.68. The second kappa shape index (κ2) is 3.84. The summed E-state index contributed by atoms with van der Waals surface area (Å²) >= 11 is 0. The molecule has 0 atom stereocenters. The van der Waals surface area contributed by atoms with Crippen LogP contribution in [0, 0.1) is 0 Å². The third kappa shape index (κ3) is 2.65. The Bertz CT molecular complexity index is 163. The SMILES string of the molecule is C=CC=C(C=C)C(C)=O. The largest absolute Gasteiger partial charge is 0.295 e. The molecule has 0 radical (unpaired) electrons. The van der Waals surface area contributed by atoms with E-state index in [-0.39, 0.29) is 5.78 Å². The first-order valence-electron chi connectivity index (χ1n) is 2.68. The summed E-state index contributed by atoms with van der Waals surface area (Å²) in [5, 5.41) is 0. The molecule has 0 saturated heterocycles. The zero-order valence-electron chi connectivity index (χ0n) is 5.55. The fraction of sp³-hybridized carbons (Fsp3) is 0.125. The molecule has 0 aliphatic carbocycles. The Morgan fingerprint density at radius 3 is 2.11 bits per heavy atom. The standard InChI is InChI=1S/C8H10O/c1-4-6-8(5-2)7(3)9/h4-6H,1-2H2,3H3. The molecule has 0 rings (SSSR count). The van der Waals surface area contributed by atoms with E-state index in [1.807, 2.05) is 0 Å². The van der Waals surface area contributed by atoms with Gasteiger partial charge in [-0.15, -0.1) is 0 Å². The minimum absolute atomic E-state index is 0.0184. The summed E-state index contributed by atoms with van der Waals surface area (Å²) in [6.07, 6.45) is 4.72. The van der Waals surface area contributed by atoms with E-state index in [0.29, 0.717) is 5.57 Å². The van der Waals surface area contributed by atoms with Crippen LogP contribution in [-0.4, -0.2) is 5.78 Å². The van der Waals surface area contributed by atoms with Gasteiger partial charge in [0.25, 0.3) is 0 Å². The van der Waals surface area contributed by atoms with Crippen molar-refractivity contribution in [2.75, 3.05) is 0 Å². The predicted molar refractivity (Wildman–Crippen MR) is 39.2 cm³/mol. The summed E-state index contributed by atoms with van der Waals surface area (Å²) in [5.74, 6) is 0.0184. The molecule has 48 valence electrons. The Morgan fingerprint density at radius 2 is 2.00 bits per heavy atom. The molecule has 0 unspecified atom stereocenters. The van der Waals surface area contributed by atoms with Crippen LogP contribution in [0.15, 0.2) is 37.0 Å². The maximum Gasteiger partial charge on any atom is 0.159 e. The van der Waals surface area contributed by atoms with Crippen molar-refractivity contribution >= 4 is 5.78 Å². The lowest BCUT2D eigenvalue weighted by atomic mass is 10.2. The molecule has 0 saturated carbocycles. The van der Waals surface area contributed by atoms with Gasteiger partial charge in [0, 0.05) is 5.57 Å². The molecular weight excluding hydrogens is 112 g/mol. The Morgan fingerprint density at radius 1 is 1.44 bits per heavy atom. The van der Waals surface area contributed by atoms with Gasteiger partial charge in [0.1, 0.15) is 0 Å². The van der Waals surface area contributed by atoms with E-state index >= 15 is 0 Å². The normalized spacial score (nSPS) is 10.6. The van der Waals surface area contributed by atoms with Gasteiger partial charge in [-0.2, -0.15) is 0 Å². The van der Waals surface area contributed by atoms with Crippen molar-refractivity contribution in [3.8, 4) is 0 Å². The summed E-state index contributed by atoms with van der Waals surface area (Å²) in [5.41, 5.74) is 0.602. The maximum absolute atomic E-state index is 10.6. The first kappa shape index (κ1) is 7.89. The number of rotatable bonds is 3. The fourth-order valence-electron chi connectivity index (χ4n) is 0.456. The summed E-state index contributed by atoms with van der Waals surface area (Å²) in [7, 11) is 0. The molecule has 0 aromatic rings. The van der Waals surface area contributed by atoms with Gasteiger partial charge in [-0.05, 0) is 6.92 Å². The minimum Gasteiger partial charge on any atom is -0.295 e. The van der Waals surface area contributed by atoms with Crippen molar-refractivity contribution < 1.29 is 4.79 Å². The average molecular weight is 122 g/mol. The topological polar surface area (TPSA) is 17.1 Å². The highest BCUT2D eigenvalue weighted by molar-refractivity contribution is 5.96. The van der Waals surface area contributed by atoms with E-state index < -0.39 is 0 Å². The number of hydrogen-bond donors (Lipinski definition) is 0. The minimum atomic E-state index is 0.0184. The first-order chi connectivity index (χ1) is 4.22. The number of carbonyl (C=O) groups is 1. The number of allylic oxidation sites excluding steroid dienone is 4. The maximum atomic E-state index is 10.6. The molecule has 1 heteroatoms. The molecule has 0 aliphatic rings. The van der Waals surface area contributed by atoms with Crippen molar-refractivity contribution in [3.05, 3.63) is 37.0 Å². The van der Waals surface area contributed by atoms with Crippen LogP contribution in [0.3, 0.4) is 0 Å². The zero-order valence-corrected chi connectivity index (χ0v) is 5.55. The monoisotopic (exact) mass is 122 g/mol. The second-order valence-corrected chi connectivity index (χ2v) is 1.62. The van der Waals surface area contributed by atoms with Crippen LogP contribution < -0.4 is 0 Å². The van der Waals surface area contributed by atoms with E-state index in [0.717, 1.165) is 0 Å². The lowest BCUT2D eigenvalue weighted by Crippen LogP contribution is -1.90. The van der Waals surface area contributed by atoms with Crippen LogP contribution in [0.2, 0.25) is 0 Å². The van der Waals surface area contributed by atoms with Crippen LogP contribution in [0.4, 0.5) is 0 Å². The van der Waals surface area contributed by atoms with Gasteiger partial charge < -0.3 is 0 Å². The highest BCUT2D eigenvalue weighted by Crippen LogP contribution is 1.95. The van der Waals surface area contributed by atoms with Crippen LogP contribution in [0.5, 0.6) is 0 Å². The van der Waals surface area contributed by atoms with E-state index in [4.69, 9.17) is 0 Å². The molecule has 0 aromatic heterocycles. The Balaban J connectivity index is 4.32. The van der Waals surface area contributed by atoms with Gasteiger partial charge in [-0.25, -0.2) is 0 Å². The number of ketones is 1. The van der Waals surface area contributed by atoms with Gasteiger partial charge in [-0.1, -0.05) is 31.4 Å². The molecule has 0 fully saturated rings. The van der Waals surface area contributed by atoms with Crippen molar-refractivity contribution in [2.24, 2.45) is 0 Å². The van der Waals surface area contributed by atoms with E-state index in [1.165, 1.54) is 13.0 Å². The Kier molecular flexibility index (Phi) is 3.37. The predicted octanol–water partition coefficient (Wildman–Crippen LogP) is 1.87. The number of Topliss-reactive ketones (excluding diaryl/α,β-unsaturated/α-hetero) is 1. The zero-order chi connectivity index (χ0) is 7.28. The molecule has 0 N–H and O–H groups in total. The smallest absolute Gasteiger partial charge is 0.159 e. The lowest BCUT2D eigenvalue weighted by Gasteiger charge is -1.88. The van der Waals surface area contributed by atoms with Crippen molar-refractivity contribution in [3.63, 3.8) is 0 Å². The molecule has 0 spiro atoms. The number of carbonyl (C=O) groups excluding carboxylic acids is 1. The highest BCUT2D eigenvalue weighted by Gasteiger charge is 1.93. The highest BCUT2D eigenvalue weighted by atomic mass is 16.1. The molecule has 0 aliphatic heterocycles. The summed E-state index contributed by atoms with van der Waals surface area (Å²) in [6.45, 7) is 8.42. The van der Waals surface area contributed by atoms with Crippen molar-refractivity contribution in [2.45, 2.75) is 6.92 Å². The lowest BCUT2D eigenvalue weighted by molar-refractivity contribution is -0.113. The quantitative estimate of drug-likeness (QED) is 0.412. The molecule has 0 amide bonds. The molecular formula is C8H10O. The Labute approximate surface area is 55.4 Å². The van der Waals surface area contributed by atoms with Gasteiger partial charge in [0.05, 0.1) is 0 Å². The van der Waals surface area contributed by atoms with Gasteiger partial charge in [0.15, 0.2) is 5.78 Å². The third-order valence-electron chi connectivity index (χ3n) is 0.924. The van der Waals surface area contributed by atoms with Crippen LogP contribution in [0.1, 0.15) is 6.92 Å². The molecule has 9 heavy (non-hydrogen) atoms. The Hall–Kier alpha value is -1.11. The van der Waals surface area contributed by atoms with Crippen LogP contribution in [-0.2, 0) is 4.79 Å². The number of hydrogen-bond acceptors (Lipinski definition) is 1. The van der Waals surface area contributed by atoms with Crippen LogP contribution in [0.25, 0.3) is 0 Å². The van der Waals surface area contributed by atoms with Crippen molar-refractivity contribution in [1.29, 1.82) is 0 Å².